The Morgan fingerprint density at radius 2 is 1.97 bits per heavy atom. The summed E-state index contributed by atoms with van der Waals surface area (Å²) in [6.07, 6.45) is 0.613. The van der Waals surface area contributed by atoms with Gasteiger partial charge in [0, 0.05) is 19.0 Å². The lowest BCUT2D eigenvalue weighted by Crippen LogP contribution is -2.28. The summed E-state index contributed by atoms with van der Waals surface area (Å²) in [6.45, 7) is 0.105. The Balaban J connectivity index is 1.25. The van der Waals surface area contributed by atoms with Crippen LogP contribution in [-0.4, -0.2) is 50.2 Å². The number of ether oxygens (including phenoxy) is 1. The molecular formula is C27H25FN6O3S2. The number of hydrogen-bond acceptors (Lipinski definition) is 8. The number of hydrazone groups is 1. The standard InChI is InChI=1S/C27H25FN6O3S2/c1-33-24(15-29-26(36)18-5-3-6-19(28)13-18)30-31-27(33)39-16-25(35)34-22(17-8-10-20(37-2)11-9-17)14-21(32-34)23-7-4-12-38-23/h3-13,22H,14-16H2,1-2H3,(H,29,36)/t22-/m1/s1. The maximum atomic E-state index is 13.4. The van der Waals surface area contributed by atoms with Crippen LogP contribution < -0.4 is 10.1 Å². The number of rotatable bonds is 9. The van der Waals surface area contributed by atoms with E-state index in [9.17, 15) is 14.0 Å². The molecule has 9 nitrogen and oxygen atoms in total. The first-order valence-electron chi connectivity index (χ1n) is 12.0. The van der Waals surface area contributed by atoms with Crippen molar-refractivity contribution in [2.24, 2.45) is 12.1 Å². The van der Waals surface area contributed by atoms with Crippen LogP contribution in [0.2, 0.25) is 0 Å². The predicted molar refractivity (Wildman–Crippen MR) is 147 cm³/mol. The fourth-order valence-corrected chi connectivity index (χ4v) is 5.63. The maximum Gasteiger partial charge on any atom is 0.253 e. The van der Waals surface area contributed by atoms with Gasteiger partial charge < -0.3 is 14.6 Å². The number of nitrogens with one attached hydrogen (secondary N) is 1. The maximum absolute atomic E-state index is 13.4. The number of benzene rings is 2. The summed E-state index contributed by atoms with van der Waals surface area (Å²) >= 11 is 2.84. The number of carbonyl (C=O) groups is 2. The molecule has 0 fully saturated rings. The molecule has 2 aromatic heterocycles. The summed E-state index contributed by atoms with van der Waals surface area (Å²) in [7, 11) is 3.38. The highest BCUT2D eigenvalue weighted by molar-refractivity contribution is 7.99. The van der Waals surface area contributed by atoms with Gasteiger partial charge in [0.15, 0.2) is 11.0 Å². The number of hydrogen-bond donors (Lipinski definition) is 1. The molecule has 0 spiro atoms. The van der Waals surface area contributed by atoms with Crippen molar-refractivity contribution in [1.82, 2.24) is 25.1 Å². The summed E-state index contributed by atoms with van der Waals surface area (Å²) in [4.78, 5) is 26.8. The highest BCUT2D eigenvalue weighted by Gasteiger charge is 2.33. The second-order valence-corrected chi connectivity index (χ2v) is 10.6. The van der Waals surface area contributed by atoms with Gasteiger partial charge in [-0.2, -0.15) is 5.10 Å². The van der Waals surface area contributed by atoms with E-state index in [1.165, 1.54) is 36.0 Å². The van der Waals surface area contributed by atoms with Gasteiger partial charge in [0.25, 0.3) is 11.8 Å². The van der Waals surface area contributed by atoms with Gasteiger partial charge in [-0.25, -0.2) is 9.40 Å². The summed E-state index contributed by atoms with van der Waals surface area (Å²) in [5.41, 5.74) is 2.07. The zero-order chi connectivity index (χ0) is 27.4. The predicted octanol–water partition coefficient (Wildman–Crippen LogP) is 4.42. The van der Waals surface area contributed by atoms with Crippen molar-refractivity contribution < 1.29 is 18.7 Å². The molecule has 0 aliphatic carbocycles. The third-order valence-electron chi connectivity index (χ3n) is 6.22. The molecule has 0 saturated heterocycles. The molecule has 1 aliphatic rings. The Morgan fingerprint density at radius 1 is 1.15 bits per heavy atom. The number of nitrogens with zero attached hydrogens (tertiary/aromatic N) is 5. The van der Waals surface area contributed by atoms with Crippen LogP contribution in [0.3, 0.4) is 0 Å². The van der Waals surface area contributed by atoms with E-state index in [-0.39, 0.29) is 29.8 Å². The van der Waals surface area contributed by atoms with E-state index >= 15 is 0 Å². The second kappa shape index (κ2) is 11.8. The van der Waals surface area contributed by atoms with E-state index in [2.05, 4.69) is 15.5 Å². The first-order chi connectivity index (χ1) is 18.9. The number of aromatic nitrogens is 3. The molecule has 5 rings (SSSR count). The third-order valence-corrected chi connectivity index (χ3v) is 8.14. The van der Waals surface area contributed by atoms with Crippen LogP contribution in [0, 0.1) is 5.82 Å². The Morgan fingerprint density at radius 3 is 2.69 bits per heavy atom. The smallest absolute Gasteiger partial charge is 0.253 e. The zero-order valence-electron chi connectivity index (χ0n) is 21.2. The van der Waals surface area contributed by atoms with Crippen LogP contribution in [0.15, 0.2) is 76.3 Å². The Labute approximate surface area is 232 Å². The molecule has 3 heterocycles. The van der Waals surface area contributed by atoms with Gasteiger partial charge in [0.05, 0.1) is 36.0 Å². The Bertz CT molecular complexity index is 1500. The summed E-state index contributed by atoms with van der Waals surface area (Å²) in [5.74, 6) is 0.301. The van der Waals surface area contributed by atoms with Gasteiger partial charge in [0.2, 0.25) is 0 Å². The summed E-state index contributed by atoms with van der Waals surface area (Å²) in [5, 5.41) is 19.8. The van der Waals surface area contributed by atoms with Crippen molar-refractivity contribution in [1.29, 1.82) is 0 Å². The van der Waals surface area contributed by atoms with Gasteiger partial charge in [-0.05, 0) is 47.3 Å². The highest BCUT2D eigenvalue weighted by Crippen LogP contribution is 2.35. The minimum Gasteiger partial charge on any atom is -0.497 e. The highest BCUT2D eigenvalue weighted by atomic mass is 32.2. The minimum absolute atomic E-state index is 0.105. The van der Waals surface area contributed by atoms with Crippen molar-refractivity contribution in [2.75, 3.05) is 12.9 Å². The lowest BCUT2D eigenvalue weighted by Gasteiger charge is -2.22. The van der Waals surface area contributed by atoms with Crippen molar-refractivity contribution in [2.45, 2.75) is 24.2 Å². The Hall–Kier alpha value is -4.03. The van der Waals surface area contributed by atoms with E-state index in [0.29, 0.717) is 17.4 Å². The number of carbonyl (C=O) groups excluding carboxylic acids is 2. The number of amides is 2. The van der Waals surface area contributed by atoms with Crippen LogP contribution in [0.4, 0.5) is 4.39 Å². The van der Waals surface area contributed by atoms with Gasteiger partial charge in [0.1, 0.15) is 11.6 Å². The molecule has 1 aliphatic heterocycles. The van der Waals surface area contributed by atoms with Crippen molar-refractivity contribution in [3.63, 3.8) is 0 Å². The molecule has 200 valence electrons. The van der Waals surface area contributed by atoms with E-state index in [0.717, 1.165) is 21.9 Å². The van der Waals surface area contributed by atoms with Crippen molar-refractivity contribution in [3.05, 3.63) is 93.7 Å². The monoisotopic (exact) mass is 564 g/mol. The molecule has 4 aromatic rings. The lowest BCUT2D eigenvalue weighted by atomic mass is 10.0. The first kappa shape index (κ1) is 26.6. The van der Waals surface area contributed by atoms with Crippen LogP contribution >= 0.6 is 23.1 Å². The number of thioether (sulfide) groups is 1. The third kappa shape index (κ3) is 6.02. The fraction of sp³-hybridized carbons (Fsp3) is 0.222. The SMILES string of the molecule is COc1ccc([C@H]2CC(c3cccs3)=NN2C(=O)CSc2nnc(CNC(=O)c3cccc(F)c3)n2C)cc1. The average molecular weight is 565 g/mol. The van der Waals surface area contributed by atoms with E-state index in [1.54, 1.807) is 35.1 Å². The van der Waals surface area contributed by atoms with Crippen LogP contribution in [-0.2, 0) is 18.4 Å². The van der Waals surface area contributed by atoms with Crippen molar-refractivity contribution in [3.8, 4) is 5.75 Å². The molecule has 0 radical (unpaired) electrons. The molecule has 0 bridgehead atoms. The molecule has 0 unspecified atom stereocenters. The zero-order valence-corrected chi connectivity index (χ0v) is 22.8. The number of halogens is 1. The topological polar surface area (TPSA) is 102 Å². The minimum atomic E-state index is -0.483. The van der Waals surface area contributed by atoms with E-state index in [4.69, 9.17) is 9.84 Å². The van der Waals surface area contributed by atoms with Crippen LogP contribution in [0.1, 0.15) is 39.1 Å². The van der Waals surface area contributed by atoms with Gasteiger partial charge >= 0.3 is 0 Å². The quantitative estimate of drug-likeness (QED) is 0.302. The van der Waals surface area contributed by atoms with Crippen molar-refractivity contribution >= 4 is 40.6 Å². The normalized spacial score (nSPS) is 14.8. The van der Waals surface area contributed by atoms with Gasteiger partial charge in [-0.1, -0.05) is 36.0 Å². The average Bonchev–Trinajstić information content (AvgIpc) is 3.71. The van der Waals surface area contributed by atoms with E-state index < -0.39 is 11.7 Å². The lowest BCUT2D eigenvalue weighted by molar-refractivity contribution is -0.130. The number of methoxy groups -OCH3 is 1. The second-order valence-electron chi connectivity index (χ2n) is 8.69. The Kier molecular flexibility index (Phi) is 8.03. The van der Waals surface area contributed by atoms with Gasteiger partial charge in [-0.15, -0.1) is 21.5 Å². The number of thiophene rings is 1. The van der Waals surface area contributed by atoms with E-state index in [1.807, 2.05) is 41.8 Å². The molecule has 0 saturated carbocycles. The summed E-state index contributed by atoms with van der Waals surface area (Å²) in [6, 6.07) is 16.9. The molecule has 2 amide bonds. The largest absolute Gasteiger partial charge is 0.497 e. The molecule has 2 aromatic carbocycles. The fourth-order valence-electron chi connectivity index (χ4n) is 4.13. The van der Waals surface area contributed by atoms with Crippen LogP contribution in [0.25, 0.3) is 0 Å². The van der Waals surface area contributed by atoms with Gasteiger partial charge in [-0.3, -0.25) is 9.59 Å². The molecule has 1 N–H and O–H groups in total. The molecule has 39 heavy (non-hydrogen) atoms. The summed E-state index contributed by atoms with van der Waals surface area (Å²) < 4.78 is 20.4. The molecule has 1 atom stereocenters. The molecular weight excluding hydrogens is 539 g/mol. The first-order valence-corrected chi connectivity index (χ1v) is 13.9. The molecule has 12 heteroatoms. The van der Waals surface area contributed by atoms with Crippen LogP contribution in [0.5, 0.6) is 5.75 Å².